The van der Waals surface area contributed by atoms with E-state index in [9.17, 15) is 18.3 Å². The second-order valence-corrected chi connectivity index (χ2v) is 6.66. The van der Waals surface area contributed by atoms with E-state index in [2.05, 4.69) is 5.32 Å². The maximum Gasteiger partial charge on any atom is 0.251 e. The van der Waals surface area contributed by atoms with E-state index in [1.807, 2.05) is 0 Å². The standard InChI is InChI=1S/C12H18N2O4S/c1-9-8-10(4-5-11(9)15)12(16)13-6-7-19(17,18)14(2)3/h4-5,8,15H,6-7H2,1-3H3,(H,13,16). The zero-order chi connectivity index (χ0) is 14.6. The fraction of sp³-hybridized carbons (Fsp3) is 0.417. The first-order valence-corrected chi connectivity index (χ1v) is 7.33. The van der Waals surface area contributed by atoms with Crippen LogP contribution in [-0.4, -0.2) is 50.1 Å². The van der Waals surface area contributed by atoms with Gasteiger partial charge in [0.2, 0.25) is 10.0 Å². The van der Waals surface area contributed by atoms with Crippen molar-refractivity contribution in [1.29, 1.82) is 0 Å². The van der Waals surface area contributed by atoms with Gasteiger partial charge in [0.15, 0.2) is 0 Å². The van der Waals surface area contributed by atoms with Crippen molar-refractivity contribution in [3.05, 3.63) is 29.3 Å². The van der Waals surface area contributed by atoms with Crippen LogP contribution >= 0.6 is 0 Å². The molecule has 106 valence electrons. The van der Waals surface area contributed by atoms with Crippen LogP contribution < -0.4 is 5.32 Å². The highest BCUT2D eigenvalue weighted by atomic mass is 32.2. The van der Waals surface area contributed by atoms with E-state index >= 15 is 0 Å². The number of nitrogens with zero attached hydrogens (tertiary/aromatic N) is 1. The Morgan fingerprint density at radius 3 is 2.53 bits per heavy atom. The van der Waals surface area contributed by atoms with Crippen molar-refractivity contribution in [2.24, 2.45) is 0 Å². The minimum absolute atomic E-state index is 0.0409. The molecule has 0 spiro atoms. The lowest BCUT2D eigenvalue weighted by Crippen LogP contribution is -2.33. The Morgan fingerprint density at radius 1 is 1.37 bits per heavy atom. The van der Waals surface area contributed by atoms with Gasteiger partial charge in [-0.2, -0.15) is 0 Å². The maximum atomic E-state index is 11.8. The van der Waals surface area contributed by atoms with Crippen molar-refractivity contribution in [3.63, 3.8) is 0 Å². The average Bonchev–Trinajstić information content (AvgIpc) is 2.32. The number of carbonyl (C=O) groups excluding carboxylic acids is 1. The van der Waals surface area contributed by atoms with Crippen LogP contribution in [0.1, 0.15) is 15.9 Å². The van der Waals surface area contributed by atoms with E-state index in [1.165, 1.54) is 26.2 Å². The molecule has 7 heteroatoms. The number of carbonyl (C=O) groups is 1. The van der Waals surface area contributed by atoms with Crippen molar-refractivity contribution in [3.8, 4) is 5.75 Å². The molecule has 2 N–H and O–H groups in total. The van der Waals surface area contributed by atoms with Crippen molar-refractivity contribution in [1.82, 2.24) is 9.62 Å². The van der Waals surface area contributed by atoms with Crippen LogP contribution in [0.5, 0.6) is 5.75 Å². The molecule has 0 fully saturated rings. The molecule has 1 aromatic carbocycles. The van der Waals surface area contributed by atoms with Gasteiger partial charge in [0.1, 0.15) is 5.75 Å². The van der Waals surface area contributed by atoms with Crippen molar-refractivity contribution in [2.45, 2.75) is 6.92 Å². The summed E-state index contributed by atoms with van der Waals surface area (Å²) in [4.78, 5) is 11.8. The molecule has 6 nitrogen and oxygen atoms in total. The van der Waals surface area contributed by atoms with Gasteiger partial charge < -0.3 is 10.4 Å². The molecule has 0 atom stereocenters. The summed E-state index contributed by atoms with van der Waals surface area (Å²) in [6, 6.07) is 4.46. The Balaban J connectivity index is 2.59. The number of sulfonamides is 1. The second-order valence-electron chi connectivity index (χ2n) is 4.36. The van der Waals surface area contributed by atoms with Crippen molar-refractivity contribution >= 4 is 15.9 Å². The number of aryl methyl sites for hydroxylation is 1. The lowest BCUT2D eigenvalue weighted by molar-refractivity contribution is 0.0956. The number of nitrogens with one attached hydrogen (secondary N) is 1. The summed E-state index contributed by atoms with van der Waals surface area (Å²) in [5, 5.41) is 11.9. The van der Waals surface area contributed by atoms with Crippen LogP contribution in [0.25, 0.3) is 0 Å². The molecule has 0 saturated heterocycles. The molecule has 0 aliphatic rings. The summed E-state index contributed by atoms with van der Waals surface area (Å²) < 4.78 is 24.1. The van der Waals surface area contributed by atoms with E-state index in [1.54, 1.807) is 13.0 Å². The highest BCUT2D eigenvalue weighted by Gasteiger charge is 2.14. The molecule has 0 heterocycles. The first-order valence-electron chi connectivity index (χ1n) is 5.72. The van der Waals surface area contributed by atoms with Gasteiger partial charge >= 0.3 is 0 Å². The normalized spacial score (nSPS) is 11.6. The van der Waals surface area contributed by atoms with E-state index in [-0.39, 0.29) is 24.0 Å². The zero-order valence-corrected chi connectivity index (χ0v) is 12.0. The summed E-state index contributed by atoms with van der Waals surface area (Å²) in [6.45, 7) is 1.72. The highest BCUT2D eigenvalue weighted by Crippen LogP contribution is 2.16. The molecule has 0 saturated carbocycles. The molecule has 0 aromatic heterocycles. The molecule has 19 heavy (non-hydrogen) atoms. The van der Waals surface area contributed by atoms with Crippen LogP contribution in [-0.2, 0) is 10.0 Å². The Kier molecular flexibility index (Phi) is 4.90. The number of rotatable bonds is 5. The van der Waals surface area contributed by atoms with E-state index in [0.717, 1.165) is 4.31 Å². The third-order valence-corrected chi connectivity index (χ3v) is 4.49. The van der Waals surface area contributed by atoms with Gasteiger partial charge in [-0.25, -0.2) is 12.7 Å². The Hall–Kier alpha value is -1.60. The fourth-order valence-corrected chi connectivity index (χ4v) is 2.10. The summed E-state index contributed by atoms with van der Waals surface area (Å²) in [6.07, 6.45) is 0. The minimum atomic E-state index is -3.31. The molecule has 0 aliphatic heterocycles. The van der Waals surface area contributed by atoms with Crippen LogP contribution in [0.4, 0.5) is 0 Å². The van der Waals surface area contributed by atoms with Crippen LogP contribution in [0.2, 0.25) is 0 Å². The zero-order valence-electron chi connectivity index (χ0n) is 11.2. The number of hydrogen-bond acceptors (Lipinski definition) is 4. The fourth-order valence-electron chi connectivity index (χ4n) is 1.37. The topological polar surface area (TPSA) is 86.7 Å². The van der Waals surface area contributed by atoms with Gasteiger partial charge in [-0.3, -0.25) is 4.79 Å². The van der Waals surface area contributed by atoms with E-state index in [4.69, 9.17) is 0 Å². The average molecular weight is 286 g/mol. The highest BCUT2D eigenvalue weighted by molar-refractivity contribution is 7.89. The third-order valence-electron chi connectivity index (χ3n) is 2.66. The molecule has 0 bridgehead atoms. The van der Waals surface area contributed by atoms with E-state index < -0.39 is 10.0 Å². The molecular formula is C12H18N2O4S. The Labute approximate surface area is 113 Å². The first-order chi connectivity index (χ1) is 8.74. The van der Waals surface area contributed by atoms with Gasteiger partial charge in [0.25, 0.3) is 5.91 Å². The lowest BCUT2D eigenvalue weighted by Gasteiger charge is -2.11. The van der Waals surface area contributed by atoms with Gasteiger partial charge in [0.05, 0.1) is 5.75 Å². The third kappa shape index (κ3) is 4.22. The van der Waals surface area contributed by atoms with Gasteiger partial charge in [-0.15, -0.1) is 0 Å². The predicted molar refractivity (Wildman–Crippen MR) is 72.7 cm³/mol. The Bertz CT molecular complexity index is 567. The maximum absolute atomic E-state index is 11.8. The van der Waals surface area contributed by atoms with Crippen LogP contribution in [0.15, 0.2) is 18.2 Å². The van der Waals surface area contributed by atoms with Gasteiger partial charge in [-0.1, -0.05) is 0 Å². The molecule has 0 radical (unpaired) electrons. The minimum Gasteiger partial charge on any atom is -0.508 e. The monoisotopic (exact) mass is 286 g/mol. The number of benzene rings is 1. The summed E-state index contributed by atoms with van der Waals surface area (Å²) >= 11 is 0. The largest absolute Gasteiger partial charge is 0.508 e. The molecular weight excluding hydrogens is 268 g/mol. The quantitative estimate of drug-likeness (QED) is 0.816. The molecule has 0 aliphatic carbocycles. The lowest BCUT2D eigenvalue weighted by atomic mass is 10.1. The number of hydrogen-bond donors (Lipinski definition) is 2. The number of aromatic hydroxyl groups is 1. The second kappa shape index (κ2) is 6.03. The van der Waals surface area contributed by atoms with Crippen LogP contribution in [0.3, 0.4) is 0 Å². The summed E-state index contributed by atoms with van der Waals surface area (Å²) in [5.74, 6) is -0.396. The smallest absolute Gasteiger partial charge is 0.251 e. The molecule has 1 amide bonds. The van der Waals surface area contributed by atoms with E-state index in [0.29, 0.717) is 11.1 Å². The molecule has 1 rings (SSSR count). The van der Waals surface area contributed by atoms with Crippen molar-refractivity contribution in [2.75, 3.05) is 26.4 Å². The van der Waals surface area contributed by atoms with Gasteiger partial charge in [-0.05, 0) is 30.7 Å². The molecule has 1 aromatic rings. The summed E-state index contributed by atoms with van der Waals surface area (Å²) in [7, 11) is -0.422. The predicted octanol–water partition coefficient (Wildman–Crippen LogP) is 0.322. The molecule has 0 unspecified atom stereocenters. The Morgan fingerprint density at radius 2 is 2.00 bits per heavy atom. The first kappa shape index (κ1) is 15.5. The van der Waals surface area contributed by atoms with Crippen LogP contribution in [0, 0.1) is 6.92 Å². The number of amides is 1. The van der Waals surface area contributed by atoms with Crippen molar-refractivity contribution < 1.29 is 18.3 Å². The SMILES string of the molecule is Cc1cc(C(=O)NCCS(=O)(=O)N(C)C)ccc1O. The summed E-state index contributed by atoms with van der Waals surface area (Å²) in [5.41, 5.74) is 0.978. The number of phenolic OH excluding ortho intramolecular Hbond substituents is 1. The number of phenols is 1. The van der Waals surface area contributed by atoms with Gasteiger partial charge in [0, 0.05) is 26.2 Å².